The maximum Gasteiger partial charge on any atom is 0.410 e. The Morgan fingerprint density at radius 2 is 1.65 bits per heavy atom. The summed E-state index contributed by atoms with van der Waals surface area (Å²) in [5, 5.41) is 9.03. The number of carboxylic acids is 1. The predicted molar refractivity (Wildman–Crippen MR) is 94.7 cm³/mol. The first kappa shape index (κ1) is 24.0. The second kappa shape index (κ2) is 12.2. The molecule has 1 saturated carbocycles. The molecule has 1 N–H and O–H groups in total. The predicted octanol–water partition coefficient (Wildman–Crippen LogP) is 4.94. The second-order valence-corrected chi connectivity index (χ2v) is 6.18. The van der Waals surface area contributed by atoms with Crippen LogP contribution < -0.4 is 0 Å². The van der Waals surface area contributed by atoms with Crippen molar-refractivity contribution in [1.29, 1.82) is 0 Å². The molecule has 0 bridgehead atoms. The number of aliphatic carboxylic acids is 1. The highest BCUT2D eigenvalue weighted by Gasteiger charge is 2.36. The smallest absolute Gasteiger partial charge is 0.410 e. The van der Waals surface area contributed by atoms with Gasteiger partial charge in [-0.3, -0.25) is 4.79 Å². The highest BCUT2D eigenvalue weighted by atomic mass is 16.6. The number of ether oxygens (including phenoxy) is 1. The van der Waals surface area contributed by atoms with Crippen molar-refractivity contribution in [1.82, 2.24) is 4.90 Å². The first-order valence-electron chi connectivity index (χ1n) is 8.97. The van der Waals surface area contributed by atoms with E-state index in [1.165, 1.54) is 0 Å². The van der Waals surface area contributed by atoms with Gasteiger partial charge in [0.1, 0.15) is 5.60 Å². The Balaban J connectivity index is 0. The van der Waals surface area contributed by atoms with Gasteiger partial charge in [-0.1, -0.05) is 34.6 Å². The first-order valence-corrected chi connectivity index (χ1v) is 8.97. The Hall–Kier alpha value is -1.26. The van der Waals surface area contributed by atoms with Gasteiger partial charge in [-0.2, -0.15) is 0 Å². The Kier molecular flexibility index (Phi) is 12.7. The lowest BCUT2D eigenvalue weighted by molar-refractivity contribution is -0.141. The molecule has 0 aromatic carbocycles. The molecule has 0 heterocycles. The van der Waals surface area contributed by atoms with E-state index in [1.807, 2.05) is 55.4 Å². The van der Waals surface area contributed by atoms with Crippen LogP contribution in [0.15, 0.2) is 0 Å². The average Bonchev–Trinajstić information content (AvgIpc) is 2.96. The van der Waals surface area contributed by atoms with E-state index in [0.717, 1.165) is 12.8 Å². The van der Waals surface area contributed by atoms with Crippen molar-refractivity contribution in [3.05, 3.63) is 0 Å². The summed E-state index contributed by atoms with van der Waals surface area (Å²) in [6.45, 7) is 16.1. The van der Waals surface area contributed by atoms with E-state index in [1.54, 1.807) is 4.90 Å². The van der Waals surface area contributed by atoms with Gasteiger partial charge in [0.05, 0.1) is 5.92 Å². The quantitative estimate of drug-likeness (QED) is 0.792. The zero-order chi connectivity index (χ0) is 18.6. The largest absolute Gasteiger partial charge is 0.481 e. The molecule has 0 aromatic heterocycles. The normalized spacial score (nSPS) is 19.7. The van der Waals surface area contributed by atoms with Gasteiger partial charge in [-0.15, -0.1) is 0 Å². The van der Waals surface area contributed by atoms with Crippen molar-refractivity contribution in [2.75, 3.05) is 6.54 Å². The summed E-state index contributed by atoms with van der Waals surface area (Å²) < 4.78 is 5.40. The fourth-order valence-corrected chi connectivity index (χ4v) is 2.45. The number of hydrogen-bond acceptors (Lipinski definition) is 3. The van der Waals surface area contributed by atoms with Crippen LogP contribution in [-0.4, -0.2) is 40.3 Å². The van der Waals surface area contributed by atoms with E-state index < -0.39 is 11.6 Å². The lowest BCUT2D eigenvalue weighted by Gasteiger charge is -2.31. The summed E-state index contributed by atoms with van der Waals surface area (Å²) in [5.74, 6) is -1.09. The van der Waals surface area contributed by atoms with Gasteiger partial charge in [0.25, 0.3) is 0 Å². The summed E-state index contributed by atoms with van der Waals surface area (Å²) in [4.78, 5) is 24.9. The van der Waals surface area contributed by atoms with E-state index in [-0.39, 0.29) is 18.1 Å². The third-order valence-corrected chi connectivity index (χ3v) is 3.29. The van der Waals surface area contributed by atoms with Crippen LogP contribution in [-0.2, 0) is 9.53 Å². The zero-order valence-electron chi connectivity index (χ0n) is 16.3. The molecule has 1 aliphatic rings. The van der Waals surface area contributed by atoms with E-state index in [9.17, 15) is 9.59 Å². The molecule has 138 valence electrons. The van der Waals surface area contributed by atoms with Crippen molar-refractivity contribution in [3.63, 3.8) is 0 Å². The minimum Gasteiger partial charge on any atom is -0.481 e. The monoisotopic (exact) mass is 331 g/mol. The lowest BCUT2D eigenvalue weighted by atomic mass is 10.1. The SMILES string of the molecule is CC.CC.CCCN(C(=O)OC(C)(C)C)C1CCC(C(=O)O)C1. The van der Waals surface area contributed by atoms with E-state index in [4.69, 9.17) is 9.84 Å². The first-order chi connectivity index (χ1) is 10.7. The molecule has 5 heteroatoms. The van der Waals surface area contributed by atoms with Gasteiger partial charge in [-0.05, 0) is 46.5 Å². The van der Waals surface area contributed by atoms with Gasteiger partial charge >= 0.3 is 12.1 Å². The lowest BCUT2D eigenvalue weighted by Crippen LogP contribution is -2.43. The van der Waals surface area contributed by atoms with Gasteiger partial charge in [0, 0.05) is 12.6 Å². The molecule has 1 fully saturated rings. The molecule has 0 aromatic rings. The van der Waals surface area contributed by atoms with Crippen molar-refractivity contribution in [3.8, 4) is 0 Å². The standard InChI is InChI=1S/C14H25NO4.2C2H6/c1-5-8-15(13(18)19-14(2,3)4)11-7-6-10(9-11)12(16)17;2*1-2/h10-11H,5-9H2,1-4H3,(H,16,17);2*1-2H3. The molecule has 1 amide bonds. The molecular formula is C18H37NO4. The topological polar surface area (TPSA) is 66.8 Å². The van der Waals surface area contributed by atoms with Crippen molar-refractivity contribution >= 4 is 12.1 Å². The highest BCUT2D eigenvalue weighted by molar-refractivity contribution is 5.71. The molecule has 0 saturated heterocycles. The van der Waals surface area contributed by atoms with Crippen LogP contribution in [0.2, 0.25) is 0 Å². The minimum absolute atomic E-state index is 0.00380. The van der Waals surface area contributed by atoms with Crippen LogP contribution in [0.4, 0.5) is 4.79 Å². The Labute approximate surface area is 142 Å². The molecule has 0 radical (unpaired) electrons. The Morgan fingerprint density at radius 1 is 1.13 bits per heavy atom. The van der Waals surface area contributed by atoms with Crippen molar-refractivity contribution in [2.24, 2.45) is 5.92 Å². The number of carbonyl (C=O) groups is 2. The third-order valence-electron chi connectivity index (χ3n) is 3.29. The van der Waals surface area contributed by atoms with Crippen LogP contribution in [0.1, 0.15) is 81.1 Å². The maximum atomic E-state index is 12.2. The fraction of sp³-hybridized carbons (Fsp3) is 0.889. The number of carboxylic acid groups (broad SMARTS) is 1. The highest BCUT2D eigenvalue weighted by Crippen LogP contribution is 2.30. The van der Waals surface area contributed by atoms with Crippen molar-refractivity contribution < 1.29 is 19.4 Å². The van der Waals surface area contributed by atoms with Crippen LogP contribution in [0.5, 0.6) is 0 Å². The Bertz CT molecular complexity index is 336. The zero-order valence-corrected chi connectivity index (χ0v) is 16.3. The molecule has 23 heavy (non-hydrogen) atoms. The summed E-state index contributed by atoms with van der Waals surface area (Å²) >= 11 is 0. The summed E-state index contributed by atoms with van der Waals surface area (Å²) in [6.07, 6.45) is 2.44. The molecular weight excluding hydrogens is 294 g/mol. The maximum absolute atomic E-state index is 12.2. The van der Waals surface area contributed by atoms with Crippen molar-refractivity contribution in [2.45, 2.75) is 92.7 Å². The molecule has 0 aliphatic heterocycles. The molecule has 1 rings (SSSR count). The molecule has 5 nitrogen and oxygen atoms in total. The molecule has 2 unspecified atom stereocenters. The summed E-state index contributed by atoms with van der Waals surface area (Å²) in [6, 6.07) is -0.00380. The van der Waals surface area contributed by atoms with E-state index in [0.29, 0.717) is 19.4 Å². The van der Waals surface area contributed by atoms with Crippen LogP contribution in [0.3, 0.4) is 0 Å². The molecule has 0 spiro atoms. The summed E-state index contributed by atoms with van der Waals surface area (Å²) in [5.41, 5.74) is -0.520. The van der Waals surface area contributed by atoms with Crippen LogP contribution in [0.25, 0.3) is 0 Å². The number of rotatable bonds is 4. The molecule has 1 aliphatic carbocycles. The fourth-order valence-electron chi connectivity index (χ4n) is 2.45. The minimum atomic E-state index is -0.761. The number of amides is 1. The molecule has 2 atom stereocenters. The van der Waals surface area contributed by atoms with Gasteiger partial charge in [0.15, 0.2) is 0 Å². The van der Waals surface area contributed by atoms with Gasteiger partial charge in [0.2, 0.25) is 0 Å². The van der Waals surface area contributed by atoms with Crippen LogP contribution in [0, 0.1) is 5.92 Å². The average molecular weight is 331 g/mol. The number of nitrogens with zero attached hydrogens (tertiary/aromatic N) is 1. The summed E-state index contributed by atoms with van der Waals surface area (Å²) in [7, 11) is 0. The third kappa shape index (κ3) is 9.47. The second-order valence-electron chi connectivity index (χ2n) is 6.18. The van der Waals surface area contributed by atoms with Gasteiger partial charge < -0.3 is 14.7 Å². The van der Waals surface area contributed by atoms with E-state index in [2.05, 4.69) is 0 Å². The Morgan fingerprint density at radius 3 is 2.00 bits per heavy atom. The number of carbonyl (C=O) groups excluding carboxylic acids is 1. The van der Waals surface area contributed by atoms with Crippen LogP contribution >= 0.6 is 0 Å². The van der Waals surface area contributed by atoms with Gasteiger partial charge in [-0.25, -0.2) is 4.79 Å². The van der Waals surface area contributed by atoms with E-state index >= 15 is 0 Å². The number of hydrogen-bond donors (Lipinski definition) is 1.